The van der Waals surface area contributed by atoms with Gasteiger partial charge in [0.05, 0.1) is 25.1 Å². The number of benzene rings is 1. The second-order valence-electron chi connectivity index (χ2n) is 5.35. The summed E-state index contributed by atoms with van der Waals surface area (Å²) in [6.07, 6.45) is 1.29. The molecule has 0 amide bonds. The summed E-state index contributed by atoms with van der Waals surface area (Å²) in [6.45, 7) is 2.32. The van der Waals surface area contributed by atoms with Crippen LogP contribution in [0.1, 0.15) is 5.69 Å². The highest BCUT2D eigenvalue weighted by atomic mass is 19.1. The number of nitrogens with zero attached hydrogens (tertiary/aromatic N) is 3. The van der Waals surface area contributed by atoms with E-state index in [4.69, 9.17) is 9.47 Å². The van der Waals surface area contributed by atoms with Crippen molar-refractivity contribution in [2.45, 2.75) is 12.6 Å². The maximum Gasteiger partial charge on any atom is 0.336 e. The van der Waals surface area contributed by atoms with Crippen molar-refractivity contribution in [2.75, 3.05) is 26.8 Å². The minimum absolute atomic E-state index is 0.275. The van der Waals surface area contributed by atoms with E-state index >= 15 is 0 Å². The first kappa shape index (κ1) is 15.6. The minimum Gasteiger partial charge on any atom is -0.467 e. The normalized spacial score (nSPS) is 18.8. The zero-order chi connectivity index (χ0) is 16.2. The fourth-order valence-electron chi connectivity index (χ4n) is 2.53. The van der Waals surface area contributed by atoms with E-state index in [0.29, 0.717) is 19.7 Å². The number of morpholine rings is 1. The minimum atomic E-state index is -0.548. The second-order valence-corrected chi connectivity index (χ2v) is 5.35. The van der Waals surface area contributed by atoms with Crippen molar-refractivity contribution < 1.29 is 18.7 Å². The van der Waals surface area contributed by atoms with Crippen molar-refractivity contribution >= 4 is 5.97 Å². The molecule has 1 fully saturated rings. The van der Waals surface area contributed by atoms with Crippen LogP contribution in [0.4, 0.5) is 4.39 Å². The lowest BCUT2D eigenvalue weighted by molar-refractivity contribution is -0.160. The standard InChI is InChI=1S/C16H18FN3O3/c1-22-16(21)15-11-19(8-9-23-15)10-13-6-7-20(18-13)14-4-2-12(17)3-5-14/h2-7,15H,8-11H2,1H3/t15-/m1/s1. The molecule has 0 spiro atoms. The van der Waals surface area contributed by atoms with Crippen LogP contribution in [-0.2, 0) is 20.8 Å². The number of ether oxygens (including phenoxy) is 2. The largest absolute Gasteiger partial charge is 0.467 e. The molecule has 1 aliphatic heterocycles. The molecule has 3 rings (SSSR count). The third kappa shape index (κ3) is 3.75. The predicted molar refractivity (Wildman–Crippen MR) is 80.6 cm³/mol. The molecule has 6 nitrogen and oxygen atoms in total. The topological polar surface area (TPSA) is 56.6 Å². The van der Waals surface area contributed by atoms with Crippen LogP contribution in [0, 0.1) is 5.82 Å². The summed E-state index contributed by atoms with van der Waals surface area (Å²) in [5.41, 5.74) is 1.67. The summed E-state index contributed by atoms with van der Waals surface area (Å²) in [5.74, 6) is -0.630. The van der Waals surface area contributed by atoms with Gasteiger partial charge in [-0.3, -0.25) is 4.90 Å². The quantitative estimate of drug-likeness (QED) is 0.797. The summed E-state index contributed by atoms with van der Waals surface area (Å²) in [4.78, 5) is 13.7. The molecule has 1 aromatic heterocycles. The lowest BCUT2D eigenvalue weighted by Gasteiger charge is -2.30. The van der Waals surface area contributed by atoms with E-state index in [9.17, 15) is 9.18 Å². The van der Waals surface area contributed by atoms with Crippen LogP contribution in [0.25, 0.3) is 5.69 Å². The number of carbonyl (C=O) groups excluding carboxylic acids is 1. The Labute approximate surface area is 133 Å². The van der Waals surface area contributed by atoms with Gasteiger partial charge >= 0.3 is 5.97 Å². The first-order valence-corrected chi connectivity index (χ1v) is 7.38. The number of esters is 1. The van der Waals surface area contributed by atoms with Gasteiger partial charge in [-0.2, -0.15) is 5.10 Å². The number of rotatable bonds is 4. The maximum absolute atomic E-state index is 13.0. The third-order valence-electron chi connectivity index (χ3n) is 3.74. The van der Waals surface area contributed by atoms with Gasteiger partial charge in [-0.25, -0.2) is 13.9 Å². The monoisotopic (exact) mass is 319 g/mol. The van der Waals surface area contributed by atoms with Gasteiger partial charge in [0.2, 0.25) is 0 Å². The van der Waals surface area contributed by atoms with E-state index in [1.54, 1.807) is 16.8 Å². The van der Waals surface area contributed by atoms with E-state index in [0.717, 1.165) is 17.9 Å². The van der Waals surface area contributed by atoms with E-state index in [1.165, 1.54) is 19.2 Å². The van der Waals surface area contributed by atoms with Crippen molar-refractivity contribution in [1.82, 2.24) is 14.7 Å². The molecule has 0 unspecified atom stereocenters. The van der Waals surface area contributed by atoms with Crippen LogP contribution in [0.2, 0.25) is 0 Å². The Morgan fingerprint density at radius 2 is 2.17 bits per heavy atom. The van der Waals surface area contributed by atoms with E-state index in [-0.39, 0.29) is 11.8 Å². The van der Waals surface area contributed by atoms with Crippen LogP contribution in [0.5, 0.6) is 0 Å². The molecule has 0 bridgehead atoms. The Kier molecular flexibility index (Phi) is 4.68. The molecule has 0 N–H and O–H groups in total. The van der Waals surface area contributed by atoms with Gasteiger partial charge in [-0.05, 0) is 30.3 Å². The smallest absolute Gasteiger partial charge is 0.336 e. The molecule has 0 radical (unpaired) electrons. The van der Waals surface area contributed by atoms with Crippen LogP contribution in [-0.4, -0.2) is 53.6 Å². The number of hydrogen-bond acceptors (Lipinski definition) is 5. The zero-order valence-corrected chi connectivity index (χ0v) is 12.8. The Balaban J connectivity index is 1.64. The van der Waals surface area contributed by atoms with Crippen molar-refractivity contribution in [3.8, 4) is 5.69 Å². The Bertz CT molecular complexity index is 671. The van der Waals surface area contributed by atoms with E-state index in [2.05, 4.69) is 10.00 Å². The summed E-state index contributed by atoms with van der Waals surface area (Å²) < 4.78 is 24.8. The third-order valence-corrected chi connectivity index (χ3v) is 3.74. The van der Waals surface area contributed by atoms with Crippen LogP contribution < -0.4 is 0 Å². The van der Waals surface area contributed by atoms with Gasteiger partial charge < -0.3 is 9.47 Å². The highest BCUT2D eigenvalue weighted by Gasteiger charge is 2.27. The van der Waals surface area contributed by atoms with Crippen molar-refractivity contribution in [2.24, 2.45) is 0 Å². The Morgan fingerprint density at radius 1 is 1.39 bits per heavy atom. The predicted octanol–water partition coefficient (Wildman–Crippen LogP) is 1.39. The van der Waals surface area contributed by atoms with Gasteiger partial charge in [0, 0.05) is 25.8 Å². The molecular weight excluding hydrogens is 301 g/mol. The molecule has 1 aromatic carbocycles. The van der Waals surface area contributed by atoms with Gasteiger partial charge in [0.15, 0.2) is 6.10 Å². The number of carbonyl (C=O) groups is 1. The van der Waals surface area contributed by atoms with Crippen LogP contribution >= 0.6 is 0 Å². The van der Waals surface area contributed by atoms with Crippen molar-refractivity contribution in [3.05, 3.63) is 48.0 Å². The van der Waals surface area contributed by atoms with Crippen molar-refractivity contribution in [3.63, 3.8) is 0 Å². The highest BCUT2D eigenvalue weighted by molar-refractivity contribution is 5.74. The maximum atomic E-state index is 13.0. The summed E-state index contributed by atoms with van der Waals surface area (Å²) >= 11 is 0. The lowest BCUT2D eigenvalue weighted by atomic mass is 10.2. The second kappa shape index (κ2) is 6.89. The molecule has 2 heterocycles. The average molecular weight is 319 g/mol. The lowest BCUT2D eigenvalue weighted by Crippen LogP contribution is -2.46. The first-order valence-electron chi connectivity index (χ1n) is 7.38. The fraction of sp³-hybridized carbons (Fsp3) is 0.375. The first-order chi connectivity index (χ1) is 11.2. The number of halogens is 1. The Hall–Kier alpha value is -2.25. The number of aromatic nitrogens is 2. The Morgan fingerprint density at radius 3 is 2.91 bits per heavy atom. The van der Waals surface area contributed by atoms with E-state index in [1.807, 2.05) is 12.3 Å². The molecule has 23 heavy (non-hydrogen) atoms. The zero-order valence-electron chi connectivity index (χ0n) is 12.8. The summed E-state index contributed by atoms with van der Waals surface area (Å²) in [7, 11) is 1.36. The van der Waals surface area contributed by atoms with E-state index < -0.39 is 6.10 Å². The summed E-state index contributed by atoms with van der Waals surface area (Å²) in [6, 6.07) is 8.06. The fourth-order valence-corrected chi connectivity index (χ4v) is 2.53. The van der Waals surface area contributed by atoms with Gasteiger partial charge in [-0.1, -0.05) is 0 Å². The SMILES string of the molecule is COC(=O)[C@H]1CN(Cc2ccn(-c3ccc(F)cc3)n2)CCO1. The van der Waals surface area contributed by atoms with Gasteiger partial charge in [-0.15, -0.1) is 0 Å². The molecule has 1 aliphatic rings. The molecule has 1 saturated heterocycles. The van der Waals surface area contributed by atoms with Crippen molar-refractivity contribution in [1.29, 1.82) is 0 Å². The molecular formula is C16H18FN3O3. The molecule has 0 aliphatic carbocycles. The molecule has 2 aromatic rings. The van der Waals surface area contributed by atoms with Gasteiger partial charge in [0.25, 0.3) is 0 Å². The number of methoxy groups -OCH3 is 1. The molecule has 122 valence electrons. The molecule has 0 saturated carbocycles. The van der Waals surface area contributed by atoms with Gasteiger partial charge in [0.1, 0.15) is 5.82 Å². The molecule has 7 heteroatoms. The molecule has 1 atom stereocenters. The average Bonchev–Trinajstić information content (AvgIpc) is 3.03. The van der Waals surface area contributed by atoms with Crippen LogP contribution in [0.15, 0.2) is 36.5 Å². The summed E-state index contributed by atoms with van der Waals surface area (Å²) in [5, 5.41) is 4.49. The highest BCUT2D eigenvalue weighted by Crippen LogP contribution is 2.13. The van der Waals surface area contributed by atoms with Crippen LogP contribution in [0.3, 0.4) is 0 Å². The number of hydrogen-bond donors (Lipinski definition) is 0.